The van der Waals surface area contributed by atoms with Gasteiger partial charge in [-0.25, -0.2) is 0 Å². The van der Waals surface area contributed by atoms with Gasteiger partial charge >= 0.3 is 0 Å². The predicted octanol–water partition coefficient (Wildman–Crippen LogP) is 7.99. The van der Waals surface area contributed by atoms with E-state index in [2.05, 4.69) is 112 Å². The Bertz CT molecular complexity index is 462. The van der Waals surface area contributed by atoms with Crippen LogP contribution in [0.5, 0.6) is 5.75 Å². The molecule has 0 fully saturated rings. The zero-order chi connectivity index (χ0) is 15.0. The summed E-state index contributed by atoms with van der Waals surface area (Å²) in [5.41, 5.74) is 0. The predicted molar refractivity (Wildman–Crippen MR) is 106 cm³/mol. The summed E-state index contributed by atoms with van der Waals surface area (Å²) in [4.78, 5) is 0. The Morgan fingerprint density at radius 3 is 1.74 bits per heavy atom. The number of rotatable bonds is 4. The van der Waals surface area contributed by atoms with Gasteiger partial charge in [-0.1, -0.05) is 15.9 Å². The molecule has 0 bridgehead atoms. The third-order valence-electron chi connectivity index (χ3n) is 2.13. The minimum absolute atomic E-state index is 0.301. The van der Waals surface area contributed by atoms with E-state index in [4.69, 9.17) is 16.3 Å². The van der Waals surface area contributed by atoms with E-state index in [1.54, 1.807) is 0 Å². The number of halogens is 8. The number of hydrogen-bond acceptors (Lipinski definition) is 1. The molecule has 0 N–H and O–H groups in total. The molecule has 1 aromatic rings. The summed E-state index contributed by atoms with van der Waals surface area (Å²) >= 11 is 30.4. The van der Waals surface area contributed by atoms with Crippen molar-refractivity contribution in [2.75, 3.05) is 5.88 Å². The lowest BCUT2D eigenvalue weighted by Gasteiger charge is -2.28. The summed E-state index contributed by atoms with van der Waals surface area (Å²) in [6.45, 7) is 1.95. The molecular formula is C10H6Br7ClO. The van der Waals surface area contributed by atoms with Crippen LogP contribution >= 0.6 is 123 Å². The third kappa shape index (κ3) is 4.58. The molecule has 2 atom stereocenters. The molecular weight excluding hydrogens is 731 g/mol. The molecule has 0 saturated carbocycles. The van der Waals surface area contributed by atoms with Gasteiger partial charge < -0.3 is 4.74 Å². The van der Waals surface area contributed by atoms with E-state index in [-0.39, 0.29) is 9.34 Å². The van der Waals surface area contributed by atoms with E-state index in [1.165, 1.54) is 0 Å². The van der Waals surface area contributed by atoms with Crippen LogP contribution in [0.4, 0.5) is 0 Å². The van der Waals surface area contributed by atoms with E-state index in [9.17, 15) is 0 Å². The van der Waals surface area contributed by atoms with Crippen LogP contribution in [0.15, 0.2) is 22.4 Å². The molecule has 19 heavy (non-hydrogen) atoms. The van der Waals surface area contributed by atoms with Crippen molar-refractivity contribution in [1.82, 2.24) is 0 Å². The second kappa shape index (κ2) is 7.97. The lowest BCUT2D eigenvalue weighted by atomic mass is 10.2. The van der Waals surface area contributed by atoms with Crippen LogP contribution in [0.1, 0.15) is 6.92 Å². The molecule has 1 rings (SSSR count). The molecule has 0 amide bonds. The van der Waals surface area contributed by atoms with Crippen molar-refractivity contribution in [2.45, 2.75) is 16.3 Å². The molecule has 0 aliphatic rings. The van der Waals surface area contributed by atoms with Crippen molar-refractivity contribution in [2.24, 2.45) is 0 Å². The van der Waals surface area contributed by atoms with Gasteiger partial charge in [0.15, 0.2) is 10.8 Å². The lowest BCUT2D eigenvalue weighted by molar-refractivity contribution is 0.261. The Labute approximate surface area is 175 Å². The van der Waals surface area contributed by atoms with Crippen LogP contribution in [0.25, 0.3) is 0 Å². The second-order valence-corrected chi connectivity index (χ2v) is 10.6. The van der Waals surface area contributed by atoms with Gasteiger partial charge in [-0.15, -0.1) is 11.6 Å². The molecule has 0 aliphatic heterocycles. The molecule has 1 nitrogen and oxygen atoms in total. The zero-order valence-corrected chi connectivity index (χ0v) is 21.1. The van der Waals surface area contributed by atoms with E-state index in [1.807, 2.05) is 6.92 Å². The Morgan fingerprint density at radius 2 is 1.37 bits per heavy atom. The second-order valence-electron chi connectivity index (χ2n) is 3.74. The van der Waals surface area contributed by atoms with Crippen LogP contribution in [0.3, 0.4) is 0 Å². The van der Waals surface area contributed by atoms with Crippen LogP contribution in [-0.4, -0.2) is 15.2 Å². The average Bonchev–Trinajstić information content (AvgIpc) is 2.38. The summed E-state index contributed by atoms with van der Waals surface area (Å²) in [6, 6.07) is 0. The largest absolute Gasteiger partial charge is 0.475 e. The maximum Gasteiger partial charge on any atom is 0.169 e. The number of alkyl halides is 3. The molecule has 0 aliphatic carbocycles. The molecule has 0 heterocycles. The molecule has 108 valence electrons. The minimum atomic E-state index is -0.389. The van der Waals surface area contributed by atoms with E-state index < -0.39 is 0 Å². The van der Waals surface area contributed by atoms with Crippen molar-refractivity contribution >= 4 is 123 Å². The first-order chi connectivity index (χ1) is 8.63. The SMILES string of the molecule is CC(Br)(CCl)C(Br)Oc1c(Br)c(Br)c(Br)c(Br)c1Br. The Kier molecular flexibility index (Phi) is 8.27. The summed E-state index contributed by atoms with van der Waals surface area (Å²) < 4.78 is 9.79. The van der Waals surface area contributed by atoms with Crippen LogP contribution in [0, 0.1) is 0 Å². The van der Waals surface area contributed by atoms with Crippen LogP contribution in [-0.2, 0) is 0 Å². The van der Waals surface area contributed by atoms with Gasteiger partial charge in [-0.3, -0.25) is 0 Å². The number of ether oxygens (including phenoxy) is 1. The number of hydrogen-bond donors (Lipinski definition) is 0. The van der Waals surface area contributed by atoms with E-state index in [0.717, 1.165) is 22.4 Å². The summed E-state index contributed by atoms with van der Waals surface area (Å²) in [5.74, 6) is 1.07. The van der Waals surface area contributed by atoms with Crippen molar-refractivity contribution in [3.63, 3.8) is 0 Å². The van der Waals surface area contributed by atoms with E-state index >= 15 is 0 Å². The van der Waals surface area contributed by atoms with Gasteiger partial charge in [-0.2, -0.15) is 0 Å². The quantitative estimate of drug-likeness (QED) is 0.173. The third-order valence-corrected chi connectivity index (χ3v) is 11.5. The zero-order valence-electron chi connectivity index (χ0n) is 9.22. The van der Waals surface area contributed by atoms with Gasteiger partial charge in [0.1, 0.15) is 0 Å². The van der Waals surface area contributed by atoms with Gasteiger partial charge in [0.2, 0.25) is 0 Å². The molecule has 0 saturated heterocycles. The highest BCUT2D eigenvalue weighted by molar-refractivity contribution is 9.16. The fourth-order valence-electron chi connectivity index (χ4n) is 0.975. The van der Waals surface area contributed by atoms with E-state index in [0.29, 0.717) is 11.6 Å². The van der Waals surface area contributed by atoms with Crippen LogP contribution in [0.2, 0.25) is 0 Å². The Hall–Kier alpha value is 2.67. The van der Waals surface area contributed by atoms with Gasteiger partial charge in [-0.05, 0) is 103 Å². The average molecular weight is 737 g/mol. The topological polar surface area (TPSA) is 9.23 Å². The first-order valence-corrected chi connectivity index (χ1v) is 10.9. The van der Waals surface area contributed by atoms with Crippen molar-refractivity contribution < 1.29 is 4.74 Å². The summed E-state index contributed by atoms with van der Waals surface area (Å²) in [5, 5.41) is -0.301. The minimum Gasteiger partial charge on any atom is -0.475 e. The highest BCUT2D eigenvalue weighted by Gasteiger charge is 2.32. The first-order valence-electron chi connectivity index (χ1n) is 4.70. The maximum absolute atomic E-state index is 5.96. The van der Waals surface area contributed by atoms with Crippen molar-refractivity contribution in [3.05, 3.63) is 22.4 Å². The van der Waals surface area contributed by atoms with Crippen molar-refractivity contribution in [3.8, 4) is 5.75 Å². The molecule has 9 heteroatoms. The normalized spacial score (nSPS) is 16.1. The fraction of sp³-hybridized carbons (Fsp3) is 0.400. The standard InChI is InChI=1S/C10H6Br7ClO/c1-10(17,2-18)9(16)19-8-6(14)4(12)3(11)5(13)7(8)15/h9H,2H2,1H3. The maximum atomic E-state index is 5.96. The van der Waals surface area contributed by atoms with Crippen molar-refractivity contribution in [1.29, 1.82) is 0 Å². The van der Waals surface area contributed by atoms with Gasteiger partial charge in [0.05, 0.1) is 22.2 Å². The number of benzene rings is 1. The van der Waals surface area contributed by atoms with Gasteiger partial charge in [0, 0.05) is 10.4 Å². The highest BCUT2D eigenvalue weighted by Crippen LogP contribution is 2.49. The molecule has 1 aromatic carbocycles. The van der Waals surface area contributed by atoms with Gasteiger partial charge in [0.25, 0.3) is 0 Å². The molecule has 0 aromatic heterocycles. The highest BCUT2D eigenvalue weighted by atomic mass is 79.9. The molecule has 0 radical (unpaired) electrons. The Balaban J connectivity index is 3.23. The first kappa shape index (κ1) is 19.7. The molecule has 2 unspecified atom stereocenters. The Morgan fingerprint density at radius 1 is 1.00 bits per heavy atom. The lowest BCUT2D eigenvalue weighted by Crippen LogP contribution is -2.34. The summed E-state index contributed by atoms with van der Waals surface area (Å²) in [6.07, 6.45) is 0. The fourth-order valence-corrected chi connectivity index (χ4v) is 4.94. The summed E-state index contributed by atoms with van der Waals surface area (Å²) in [7, 11) is 0. The van der Waals surface area contributed by atoms with Crippen LogP contribution < -0.4 is 4.74 Å². The smallest absolute Gasteiger partial charge is 0.169 e. The molecule has 0 spiro atoms. The monoisotopic (exact) mass is 729 g/mol.